The van der Waals surface area contributed by atoms with Gasteiger partial charge < -0.3 is 20.9 Å². The third-order valence-electron chi connectivity index (χ3n) is 4.83. The molecular weight excluding hydrogens is 546 g/mol. The van der Waals surface area contributed by atoms with Crippen molar-refractivity contribution in [2.24, 2.45) is 11.5 Å². The zero-order valence-electron chi connectivity index (χ0n) is 19.7. The van der Waals surface area contributed by atoms with Crippen LogP contribution in [-0.2, 0) is 25.5 Å². The molecule has 0 bridgehead atoms. The Labute approximate surface area is 218 Å². The van der Waals surface area contributed by atoms with E-state index in [0.29, 0.717) is 33.6 Å². The van der Waals surface area contributed by atoms with Gasteiger partial charge in [0.15, 0.2) is 24.0 Å². The highest BCUT2D eigenvalue weighted by Crippen LogP contribution is 2.41. The van der Waals surface area contributed by atoms with Gasteiger partial charge in [0.05, 0.1) is 5.56 Å². The van der Waals surface area contributed by atoms with Gasteiger partial charge in [0, 0.05) is 39.9 Å². The lowest BCUT2D eigenvalue weighted by Gasteiger charge is -2.12. The van der Waals surface area contributed by atoms with Crippen molar-refractivity contribution in [3.05, 3.63) is 47.3 Å². The zero-order valence-corrected chi connectivity index (χ0v) is 22.3. The molecule has 3 aromatic rings. The summed E-state index contributed by atoms with van der Waals surface area (Å²) in [4.78, 5) is 0. The first-order chi connectivity index (χ1) is 17.7. The van der Waals surface area contributed by atoms with Crippen LogP contribution in [0.4, 0.5) is 4.39 Å². The maximum atomic E-state index is 13.7. The van der Waals surface area contributed by atoms with Crippen molar-refractivity contribution in [3.63, 3.8) is 0 Å². The molecule has 15 heteroatoms. The molecule has 1 unspecified atom stereocenters. The second-order valence-corrected chi connectivity index (χ2v) is 11.2. The van der Waals surface area contributed by atoms with Gasteiger partial charge >= 0.3 is 8.25 Å². The summed E-state index contributed by atoms with van der Waals surface area (Å²) >= 11 is 1.03. The van der Waals surface area contributed by atoms with E-state index in [2.05, 4.69) is 4.72 Å². The summed E-state index contributed by atoms with van der Waals surface area (Å²) in [5.74, 6) is -0.149. The number of sulfonamides is 1. The summed E-state index contributed by atoms with van der Waals surface area (Å²) in [5.41, 5.74) is 11.4. The van der Waals surface area contributed by atoms with Crippen molar-refractivity contribution in [2.45, 2.75) is 17.6 Å². The molecule has 198 valence electrons. The lowest BCUT2D eigenvalue weighted by atomic mass is 10.1. The average Bonchev–Trinajstić information content (AvgIpc) is 3.24. The molecule has 1 aromatic heterocycles. The zero-order chi connectivity index (χ0) is 27.0. The number of nitriles is 1. The number of nitrogens with zero attached hydrogens (tertiary/aromatic N) is 1. The Morgan fingerprint density at radius 1 is 1.14 bits per heavy atom. The molecule has 0 aliphatic carbocycles. The molecule has 1 atom stereocenters. The van der Waals surface area contributed by atoms with Crippen LogP contribution in [0.2, 0.25) is 0 Å². The summed E-state index contributed by atoms with van der Waals surface area (Å²) < 4.78 is 76.0. The third-order valence-corrected chi connectivity index (χ3v) is 8.66. The van der Waals surface area contributed by atoms with Crippen molar-refractivity contribution < 1.29 is 35.9 Å². The van der Waals surface area contributed by atoms with E-state index in [-0.39, 0.29) is 41.8 Å². The number of ether oxygens (including phenoxy) is 2. The molecule has 0 saturated carbocycles. The molecule has 0 spiro atoms. The number of nitrogens with two attached hydrogens (primary N) is 2. The van der Waals surface area contributed by atoms with E-state index in [1.807, 2.05) is 6.92 Å². The molecule has 1 heterocycles. The monoisotopic (exact) mass is 571 g/mol. The van der Waals surface area contributed by atoms with Gasteiger partial charge in [-0.25, -0.2) is 17.3 Å². The Bertz CT molecular complexity index is 1430. The molecular formula is C22H25FN4O7PS2+. The van der Waals surface area contributed by atoms with E-state index in [4.69, 9.17) is 35.3 Å². The molecule has 0 aliphatic rings. The highest BCUT2D eigenvalue weighted by Gasteiger charge is 2.28. The molecule has 0 fully saturated rings. The maximum absolute atomic E-state index is 13.7. The van der Waals surface area contributed by atoms with Gasteiger partial charge in [0.2, 0.25) is 0 Å². The molecule has 0 saturated heterocycles. The van der Waals surface area contributed by atoms with Crippen molar-refractivity contribution in [2.75, 3.05) is 33.0 Å². The highest BCUT2D eigenvalue weighted by atomic mass is 32.2. The fourth-order valence-electron chi connectivity index (χ4n) is 3.23. The number of fused-ring (bicyclic) bond motifs is 1. The minimum atomic E-state index is -4.07. The van der Waals surface area contributed by atoms with Crippen LogP contribution in [0.5, 0.6) is 17.2 Å². The first-order valence-electron chi connectivity index (χ1n) is 11.0. The minimum Gasteiger partial charge on any atom is -0.488 e. The quantitative estimate of drug-likeness (QED) is 0.192. The minimum absolute atomic E-state index is 0.0552. The van der Waals surface area contributed by atoms with Crippen LogP contribution in [0.25, 0.3) is 10.1 Å². The molecule has 0 aliphatic heterocycles. The maximum Gasteiger partial charge on any atom is 0.751 e. The second-order valence-electron chi connectivity index (χ2n) is 7.28. The first-order valence-corrected chi connectivity index (χ1v) is 14.4. The predicted octanol–water partition coefficient (Wildman–Crippen LogP) is 3.14. The standard InChI is InChI=1S/C22H25FN4O7PS2/c1-2-16-17-10-19(31-7-5-24)20(32-8-6-25)11-21(17)36-22(16)37(29,30)27-13-33-35(28)34-15-4-3-14(12-26)18(23)9-15/h3-4,9-11,27H,2,5-8,13,24-25H2,1H3/q+1. The summed E-state index contributed by atoms with van der Waals surface area (Å²) in [7, 11) is -6.90. The summed E-state index contributed by atoms with van der Waals surface area (Å²) in [6, 6.07) is 8.33. The van der Waals surface area contributed by atoms with E-state index in [0.717, 1.165) is 23.5 Å². The van der Waals surface area contributed by atoms with Crippen LogP contribution in [0, 0.1) is 17.1 Å². The number of hydrogen-bond acceptors (Lipinski definition) is 11. The predicted molar refractivity (Wildman–Crippen MR) is 136 cm³/mol. The van der Waals surface area contributed by atoms with Crippen LogP contribution in [-0.4, -0.2) is 41.5 Å². The van der Waals surface area contributed by atoms with E-state index in [1.54, 1.807) is 18.2 Å². The largest absolute Gasteiger partial charge is 0.751 e. The highest BCUT2D eigenvalue weighted by molar-refractivity contribution is 7.91. The Morgan fingerprint density at radius 3 is 2.41 bits per heavy atom. The molecule has 0 radical (unpaired) electrons. The summed E-state index contributed by atoms with van der Waals surface area (Å²) in [6.45, 7) is 2.22. The Kier molecular flexibility index (Phi) is 10.1. The number of benzene rings is 2. The number of halogens is 1. The van der Waals surface area contributed by atoms with Gasteiger partial charge in [-0.2, -0.15) is 9.98 Å². The number of nitrogens with one attached hydrogen (secondary N) is 1. The molecule has 3 rings (SSSR count). The Balaban J connectivity index is 1.76. The molecule has 0 amide bonds. The Morgan fingerprint density at radius 2 is 1.81 bits per heavy atom. The van der Waals surface area contributed by atoms with Crippen molar-refractivity contribution in [3.8, 4) is 23.3 Å². The second kappa shape index (κ2) is 13.1. The lowest BCUT2D eigenvalue weighted by molar-refractivity contribution is 0.278. The van der Waals surface area contributed by atoms with Crippen LogP contribution in [0.1, 0.15) is 18.1 Å². The van der Waals surface area contributed by atoms with Gasteiger partial charge in [-0.3, -0.25) is 0 Å². The number of rotatable bonds is 14. The first kappa shape index (κ1) is 28.7. The van der Waals surface area contributed by atoms with Gasteiger partial charge in [-0.15, -0.1) is 11.3 Å². The summed E-state index contributed by atoms with van der Waals surface area (Å²) in [6.07, 6.45) is 0.401. The van der Waals surface area contributed by atoms with Gasteiger partial charge in [0.25, 0.3) is 10.0 Å². The van der Waals surface area contributed by atoms with Crippen LogP contribution in [0.15, 0.2) is 34.5 Å². The van der Waals surface area contributed by atoms with Crippen LogP contribution in [0.3, 0.4) is 0 Å². The number of hydrogen-bond donors (Lipinski definition) is 3. The fraction of sp³-hybridized carbons (Fsp3) is 0.318. The molecule has 5 N–H and O–H groups in total. The number of aryl methyl sites for hydroxylation is 1. The topological polar surface area (TPSA) is 176 Å². The fourth-order valence-corrected chi connectivity index (χ4v) is 6.67. The van der Waals surface area contributed by atoms with Gasteiger partial charge in [-0.1, -0.05) is 11.4 Å². The molecule has 37 heavy (non-hydrogen) atoms. The van der Waals surface area contributed by atoms with Gasteiger partial charge in [-0.05, 0) is 30.2 Å². The smallest absolute Gasteiger partial charge is 0.488 e. The molecule has 11 nitrogen and oxygen atoms in total. The van der Waals surface area contributed by atoms with Crippen LogP contribution >= 0.6 is 19.6 Å². The SMILES string of the molecule is CCc1c(S(=O)(=O)NCO[P+](=O)Oc2ccc(C#N)c(F)c2)sc2cc(OCCN)c(OCCN)cc12. The van der Waals surface area contributed by atoms with E-state index < -0.39 is 30.8 Å². The van der Waals surface area contributed by atoms with E-state index in [1.165, 1.54) is 6.07 Å². The molecule has 2 aromatic carbocycles. The third kappa shape index (κ3) is 7.12. The van der Waals surface area contributed by atoms with E-state index >= 15 is 0 Å². The van der Waals surface area contributed by atoms with Gasteiger partial charge in [0.1, 0.15) is 29.3 Å². The van der Waals surface area contributed by atoms with Crippen molar-refractivity contribution in [1.82, 2.24) is 4.72 Å². The van der Waals surface area contributed by atoms with Crippen molar-refractivity contribution >= 4 is 39.7 Å². The van der Waals surface area contributed by atoms with E-state index in [9.17, 15) is 17.4 Å². The van der Waals surface area contributed by atoms with Crippen LogP contribution < -0.4 is 30.2 Å². The van der Waals surface area contributed by atoms with Crippen molar-refractivity contribution in [1.29, 1.82) is 5.26 Å². The Hall–Kier alpha value is -2.89. The number of thiophene rings is 1. The average molecular weight is 572 g/mol. The lowest BCUT2D eigenvalue weighted by Crippen LogP contribution is -2.25. The normalized spacial score (nSPS) is 11.8. The summed E-state index contributed by atoms with van der Waals surface area (Å²) in [5, 5.41) is 9.44.